The molecule has 0 N–H and O–H groups in total. The van der Waals surface area contributed by atoms with Crippen LogP contribution < -0.4 is 4.90 Å². The number of aromatic nitrogens is 2. The van der Waals surface area contributed by atoms with Crippen LogP contribution in [0.15, 0.2) is 126 Å². The molecule has 7 aromatic rings. The van der Waals surface area contributed by atoms with Crippen LogP contribution in [0, 0.1) is 0 Å². The Kier molecular flexibility index (Phi) is 5.05. The van der Waals surface area contributed by atoms with Gasteiger partial charge in [0.05, 0.1) is 37.7 Å². The summed E-state index contributed by atoms with van der Waals surface area (Å²) in [4.78, 5) is 16.9. The summed E-state index contributed by atoms with van der Waals surface area (Å²) < 4.78 is 8.51. The van der Waals surface area contributed by atoms with Gasteiger partial charge in [0.1, 0.15) is 10.5 Å². The average Bonchev–Trinajstić information content (AvgIpc) is 3.61. The maximum absolute atomic E-state index is 6.25. The van der Waals surface area contributed by atoms with Crippen LogP contribution in [-0.2, 0) is 0 Å². The van der Waals surface area contributed by atoms with E-state index < -0.39 is 0 Å². The van der Waals surface area contributed by atoms with E-state index in [2.05, 4.69) is 87.6 Å². The Morgan fingerprint density at radius 1 is 0.700 bits per heavy atom. The highest BCUT2D eigenvalue weighted by Gasteiger charge is 2.35. The summed E-state index contributed by atoms with van der Waals surface area (Å²) >= 11 is 9.03. The molecule has 2 aliphatic rings. The van der Waals surface area contributed by atoms with Crippen LogP contribution in [0.2, 0.25) is 0 Å². The van der Waals surface area contributed by atoms with Crippen LogP contribution in [0.1, 0.15) is 0 Å². The Morgan fingerprint density at radius 3 is 2.38 bits per heavy atom. The Hall–Kier alpha value is -3.56. The van der Waals surface area contributed by atoms with Crippen molar-refractivity contribution in [3.63, 3.8) is 0 Å². The second kappa shape index (κ2) is 8.72. The summed E-state index contributed by atoms with van der Waals surface area (Å²) in [6.45, 7) is 0. The number of hydrogen-bond donors (Lipinski definition) is 0. The van der Waals surface area contributed by atoms with Gasteiger partial charge in [0, 0.05) is 24.7 Å². The van der Waals surface area contributed by atoms with Crippen molar-refractivity contribution >= 4 is 89.2 Å². The quantitative estimate of drug-likeness (QED) is 0.189. The third kappa shape index (κ3) is 3.46. The largest absolute Gasteiger partial charge is 0.436 e. The molecule has 0 aliphatic carbocycles. The van der Waals surface area contributed by atoms with Crippen molar-refractivity contribution in [3.05, 3.63) is 102 Å². The van der Waals surface area contributed by atoms with Gasteiger partial charge in [-0.2, -0.15) is 0 Å². The third-order valence-corrected chi connectivity index (χ3v) is 11.0. The molecular formula is C32H16BrN3OS3. The van der Waals surface area contributed by atoms with Crippen LogP contribution in [-0.4, -0.2) is 9.97 Å². The SMILES string of the molecule is Brc1ccc2c(c1)Sc1c(-c3nc4ccccc4o3)ccc3c1N2c1ccc(-c2nc4ccccc4s2)cc1S3. The van der Waals surface area contributed by atoms with E-state index in [0.29, 0.717) is 5.89 Å². The van der Waals surface area contributed by atoms with Crippen LogP contribution in [0.3, 0.4) is 0 Å². The third-order valence-electron chi connectivity index (χ3n) is 7.18. The number of fused-ring (bicyclic) bond motifs is 6. The number of thiazole rings is 1. The standard InChI is InChI=1S/C32H16BrN3OS3/c33-18-10-13-23-28(16-18)39-30-19(31-34-20-5-1-3-7-24(20)37-31)11-14-26-29(30)36(23)22-12-9-17(15-27(22)38-26)32-35-21-6-2-4-8-25(21)40-32/h1-16H. The van der Waals surface area contributed by atoms with E-state index in [4.69, 9.17) is 14.4 Å². The molecule has 0 radical (unpaired) electrons. The molecule has 0 saturated heterocycles. The van der Waals surface area contributed by atoms with Gasteiger partial charge in [0.25, 0.3) is 0 Å². The van der Waals surface area contributed by atoms with Gasteiger partial charge in [-0.1, -0.05) is 63.7 Å². The van der Waals surface area contributed by atoms with Crippen LogP contribution >= 0.6 is 50.8 Å². The Morgan fingerprint density at radius 2 is 1.50 bits per heavy atom. The molecule has 2 aromatic heterocycles. The van der Waals surface area contributed by atoms with Gasteiger partial charge in [-0.25, -0.2) is 9.97 Å². The number of hydrogen-bond acceptors (Lipinski definition) is 7. The molecule has 40 heavy (non-hydrogen) atoms. The second-order valence-electron chi connectivity index (χ2n) is 9.60. The van der Waals surface area contributed by atoms with Gasteiger partial charge in [-0.3, -0.25) is 0 Å². The normalized spacial score (nSPS) is 13.4. The molecule has 4 heterocycles. The van der Waals surface area contributed by atoms with Gasteiger partial charge in [0.15, 0.2) is 5.58 Å². The number of rotatable bonds is 2. The first-order valence-corrected chi connectivity index (χ1v) is 15.9. The zero-order valence-corrected chi connectivity index (χ0v) is 24.6. The number of para-hydroxylation sites is 3. The molecule has 8 heteroatoms. The molecular weight excluding hydrogens is 618 g/mol. The summed E-state index contributed by atoms with van der Waals surface area (Å²) in [7, 11) is 0. The fourth-order valence-corrected chi connectivity index (χ4v) is 9.25. The monoisotopic (exact) mass is 633 g/mol. The molecule has 4 nitrogen and oxygen atoms in total. The van der Waals surface area contributed by atoms with Crippen molar-refractivity contribution in [2.45, 2.75) is 19.6 Å². The molecule has 0 amide bonds. The molecule has 2 aliphatic heterocycles. The Bertz CT molecular complexity index is 2100. The molecule has 9 rings (SSSR count). The summed E-state index contributed by atoms with van der Waals surface area (Å²) in [6.07, 6.45) is 0. The molecule has 0 bridgehead atoms. The molecule has 190 valence electrons. The van der Waals surface area contributed by atoms with E-state index in [1.807, 2.05) is 42.1 Å². The Labute approximate surface area is 250 Å². The van der Waals surface area contributed by atoms with Crippen molar-refractivity contribution < 1.29 is 4.42 Å². The fraction of sp³-hybridized carbons (Fsp3) is 0. The van der Waals surface area contributed by atoms with E-state index in [9.17, 15) is 0 Å². The van der Waals surface area contributed by atoms with Crippen molar-refractivity contribution in [1.29, 1.82) is 0 Å². The highest BCUT2D eigenvalue weighted by molar-refractivity contribution is 9.10. The van der Waals surface area contributed by atoms with Crippen molar-refractivity contribution in [2.75, 3.05) is 4.90 Å². The lowest BCUT2D eigenvalue weighted by atomic mass is 10.1. The Balaban J connectivity index is 1.24. The van der Waals surface area contributed by atoms with Gasteiger partial charge in [-0.15, -0.1) is 11.3 Å². The molecule has 5 aromatic carbocycles. The first kappa shape index (κ1) is 23.2. The zero-order chi connectivity index (χ0) is 26.4. The first-order chi connectivity index (χ1) is 19.7. The fourth-order valence-electron chi connectivity index (χ4n) is 5.37. The van der Waals surface area contributed by atoms with Gasteiger partial charge in [-0.05, 0) is 72.8 Å². The van der Waals surface area contributed by atoms with Gasteiger partial charge < -0.3 is 9.32 Å². The van der Waals surface area contributed by atoms with Crippen molar-refractivity contribution in [2.24, 2.45) is 0 Å². The van der Waals surface area contributed by atoms with E-state index >= 15 is 0 Å². The number of oxazole rings is 1. The highest BCUT2D eigenvalue weighted by Crippen LogP contribution is 2.62. The minimum absolute atomic E-state index is 0.645. The van der Waals surface area contributed by atoms with E-state index in [0.717, 1.165) is 42.1 Å². The van der Waals surface area contributed by atoms with Crippen molar-refractivity contribution in [3.8, 4) is 22.0 Å². The van der Waals surface area contributed by atoms with E-state index in [-0.39, 0.29) is 0 Å². The minimum Gasteiger partial charge on any atom is -0.436 e. The highest BCUT2D eigenvalue weighted by atomic mass is 79.9. The number of halogens is 1. The van der Waals surface area contributed by atoms with E-state index in [1.54, 1.807) is 23.1 Å². The summed E-state index contributed by atoms with van der Waals surface area (Å²) in [5, 5.41) is 1.04. The maximum atomic E-state index is 6.25. The summed E-state index contributed by atoms with van der Waals surface area (Å²) in [6, 6.07) is 33.9. The smallest absolute Gasteiger partial charge is 0.228 e. The predicted molar refractivity (Wildman–Crippen MR) is 169 cm³/mol. The molecule has 0 fully saturated rings. The topological polar surface area (TPSA) is 42.2 Å². The van der Waals surface area contributed by atoms with Crippen LogP contribution in [0.5, 0.6) is 0 Å². The predicted octanol–water partition coefficient (Wildman–Crippen LogP) is 10.9. The molecule has 0 atom stereocenters. The average molecular weight is 635 g/mol. The maximum Gasteiger partial charge on any atom is 0.228 e. The van der Waals surface area contributed by atoms with E-state index in [1.165, 1.54) is 36.4 Å². The lowest BCUT2D eigenvalue weighted by Gasteiger charge is -2.39. The van der Waals surface area contributed by atoms with Gasteiger partial charge in [0.2, 0.25) is 5.89 Å². The molecule has 0 saturated carbocycles. The lowest BCUT2D eigenvalue weighted by molar-refractivity contribution is 0.618. The second-order valence-corrected chi connectivity index (χ2v) is 13.7. The molecule has 0 spiro atoms. The molecule has 0 unspecified atom stereocenters. The van der Waals surface area contributed by atoms with Crippen LogP contribution in [0.4, 0.5) is 17.1 Å². The minimum atomic E-state index is 0.645. The summed E-state index contributed by atoms with van der Waals surface area (Å²) in [5.41, 5.74) is 8.38. The van der Waals surface area contributed by atoms with Crippen molar-refractivity contribution in [1.82, 2.24) is 9.97 Å². The number of benzene rings is 5. The summed E-state index contributed by atoms with van der Waals surface area (Å²) in [5.74, 6) is 0.645. The zero-order valence-electron chi connectivity index (χ0n) is 20.6. The lowest BCUT2D eigenvalue weighted by Crippen LogP contribution is -2.19. The van der Waals surface area contributed by atoms with Crippen LogP contribution in [0.25, 0.3) is 43.3 Å². The number of anilines is 3. The first-order valence-electron chi connectivity index (χ1n) is 12.7. The number of nitrogens with zero attached hydrogens (tertiary/aromatic N) is 3. The van der Waals surface area contributed by atoms with Gasteiger partial charge >= 0.3 is 0 Å².